The molecule has 0 atom stereocenters. The molecule has 0 spiro atoms. The molecule has 2 aromatic carbocycles. The van der Waals surface area contributed by atoms with Crippen LogP contribution in [0.25, 0.3) is 0 Å². The van der Waals surface area contributed by atoms with Crippen molar-refractivity contribution in [2.75, 3.05) is 20.2 Å². The third-order valence-corrected chi connectivity index (χ3v) is 5.43. The number of sulfonamides is 1. The van der Waals surface area contributed by atoms with Crippen LogP contribution in [-0.4, -0.2) is 37.8 Å². The van der Waals surface area contributed by atoms with Crippen LogP contribution < -0.4 is 4.74 Å². The van der Waals surface area contributed by atoms with Gasteiger partial charge in [-0.15, -0.1) is 0 Å². The number of hydrogen-bond donors (Lipinski definition) is 0. The van der Waals surface area contributed by atoms with Crippen LogP contribution in [0, 0.1) is 10.1 Å². The average Bonchev–Trinajstić information content (AvgIpc) is 2.59. The van der Waals surface area contributed by atoms with Crippen molar-refractivity contribution in [1.82, 2.24) is 4.31 Å². The maximum Gasteiger partial charge on any atom is 0.269 e. The minimum absolute atomic E-state index is 0.0624. The van der Waals surface area contributed by atoms with Gasteiger partial charge in [-0.05, 0) is 24.1 Å². The van der Waals surface area contributed by atoms with E-state index in [0.717, 1.165) is 5.75 Å². The normalized spacial score (nSPS) is 11.4. The molecule has 0 fully saturated rings. The van der Waals surface area contributed by atoms with E-state index < -0.39 is 14.9 Å². The molecule has 0 aliphatic carbocycles. The standard InChI is InChI=1S/C17H20N2O5S/c1-18(12-5-13-24-17-6-3-2-4-7-17)25(22,23)14-15-8-10-16(11-9-15)19(20)21/h2-4,6-11H,5,12-14H2,1H3. The number of nitrogens with zero attached hydrogens (tertiary/aromatic N) is 2. The first kappa shape index (κ1) is 18.9. The van der Waals surface area contributed by atoms with E-state index in [-0.39, 0.29) is 11.4 Å². The van der Waals surface area contributed by atoms with E-state index in [0.29, 0.717) is 25.1 Å². The minimum atomic E-state index is -3.48. The molecule has 134 valence electrons. The van der Waals surface area contributed by atoms with Crippen LogP contribution in [0.5, 0.6) is 5.75 Å². The molecule has 0 saturated carbocycles. The van der Waals surface area contributed by atoms with E-state index in [1.54, 1.807) is 0 Å². The molecule has 0 aliphatic rings. The molecule has 7 nitrogen and oxygen atoms in total. The lowest BCUT2D eigenvalue weighted by Gasteiger charge is -2.17. The zero-order valence-corrected chi connectivity index (χ0v) is 14.7. The number of hydrogen-bond acceptors (Lipinski definition) is 5. The molecule has 25 heavy (non-hydrogen) atoms. The minimum Gasteiger partial charge on any atom is -0.494 e. The summed E-state index contributed by atoms with van der Waals surface area (Å²) in [6.45, 7) is 0.754. The van der Waals surface area contributed by atoms with Gasteiger partial charge in [0, 0.05) is 25.7 Å². The van der Waals surface area contributed by atoms with Crippen molar-refractivity contribution in [3.63, 3.8) is 0 Å². The van der Waals surface area contributed by atoms with E-state index in [2.05, 4.69) is 0 Å². The van der Waals surface area contributed by atoms with Crippen LogP contribution in [0.15, 0.2) is 54.6 Å². The van der Waals surface area contributed by atoms with Crippen LogP contribution in [0.3, 0.4) is 0 Å². The maximum absolute atomic E-state index is 12.3. The molecule has 0 aromatic heterocycles. The lowest BCUT2D eigenvalue weighted by Crippen LogP contribution is -2.30. The van der Waals surface area contributed by atoms with E-state index >= 15 is 0 Å². The zero-order chi connectivity index (χ0) is 18.3. The van der Waals surface area contributed by atoms with Crippen molar-refractivity contribution >= 4 is 15.7 Å². The third-order valence-electron chi connectivity index (χ3n) is 3.60. The van der Waals surface area contributed by atoms with Crippen LogP contribution >= 0.6 is 0 Å². The number of para-hydroxylation sites is 1. The number of benzene rings is 2. The maximum atomic E-state index is 12.3. The Balaban J connectivity index is 1.82. The summed E-state index contributed by atoms with van der Waals surface area (Å²) in [5, 5.41) is 10.6. The fraction of sp³-hybridized carbons (Fsp3) is 0.294. The second kappa shape index (κ2) is 8.59. The Kier molecular flexibility index (Phi) is 6.49. The number of ether oxygens (including phenoxy) is 1. The molecule has 0 amide bonds. The molecular formula is C17H20N2O5S. The van der Waals surface area contributed by atoms with E-state index in [1.165, 1.54) is 35.6 Å². The highest BCUT2D eigenvalue weighted by molar-refractivity contribution is 7.88. The van der Waals surface area contributed by atoms with Gasteiger partial charge in [-0.2, -0.15) is 0 Å². The Bertz CT molecular complexity index is 792. The van der Waals surface area contributed by atoms with Crippen molar-refractivity contribution < 1.29 is 18.1 Å². The predicted octanol–water partition coefficient (Wildman–Crippen LogP) is 2.83. The highest BCUT2D eigenvalue weighted by Gasteiger charge is 2.18. The highest BCUT2D eigenvalue weighted by atomic mass is 32.2. The number of rotatable bonds is 9. The second-order valence-corrected chi connectivity index (χ2v) is 7.59. The first-order valence-electron chi connectivity index (χ1n) is 7.74. The van der Waals surface area contributed by atoms with Gasteiger partial charge in [0.25, 0.3) is 5.69 Å². The summed E-state index contributed by atoms with van der Waals surface area (Å²) >= 11 is 0. The Hall–Kier alpha value is -2.45. The van der Waals surface area contributed by atoms with Gasteiger partial charge in [0.1, 0.15) is 5.75 Å². The van der Waals surface area contributed by atoms with E-state index in [4.69, 9.17) is 4.74 Å². The summed E-state index contributed by atoms with van der Waals surface area (Å²) in [5.74, 6) is 0.556. The fourth-order valence-electron chi connectivity index (χ4n) is 2.17. The van der Waals surface area contributed by atoms with E-state index in [9.17, 15) is 18.5 Å². The predicted molar refractivity (Wildman–Crippen MR) is 94.9 cm³/mol. The van der Waals surface area contributed by atoms with Gasteiger partial charge in [-0.3, -0.25) is 10.1 Å². The molecule has 0 unspecified atom stereocenters. The Morgan fingerprint density at radius 3 is 2.32 bits per heavy atom. The van der Waals surface area contributed by atoms with Gasteiger partial charge in [-0.25, -0.2) is 12.7 Å². The largest absolute Gasteiger partial charge is 0.494 e. The third kappa shape index (κ3) is 5.84. The summed E-state index contributed by atoms with van der Waals surface area (Å²) in [7, 11) is -1.97. The summed E-state index contributed by atoms with van der Waals surface area (Å²) in [4.78, 5) is 10.1. The lowest BCUT2D eigenvalue weighted by molar-refractivity contribution is -0.384. The quantitative estimate of drug-likeness (QED) is 0.388. The SMILES string of the molecule is CN(CCCOc1ccccc1)S(=O)(=O)Cc1ccc([N+](=O)[O-])cc1. The van der Waals surface area contributed by atoms with Crippen LogP contribution in [-0.2, 0) is 15.8 Å². The van der Waals surface area contributed by atoms with Crippen molar-refractivity contribution in [3.8, 4) is 5.75 Å². The molecule has 0 N–H and O–H groups in total. The summed E-state index contributed by atoms with van der Waals surface area (Å²) in [5.41, 5.74) is 0.450. The monoisotopic (exact) mass is 364 g/mol. The average molecular weight is 364 g/mol. The highest BCUT2D eigenvalue weighted by Crippen LogP contribution is 2.15. The molecule has 0 aliphatic heterocycles. The molecular weight excluding hydrogens is 344 g/mol. The molecule has 0 heterocycles. The van der Waals surface area contributed by atoms with Gasteiger partial charge >= 0.3 is 0 Å². The zero-order valence-electron chi connectivity index (χ0n) is 13.9. The molecule has 8 heteroatoms. The van der Waals surface area contributed by atoms with Crippen LogP contribution in [0.1, 0.15) is 12.0 Å². The second-order valence-electron chi connectivity index (χ2n) is 5.52. The molecule has 0 radical (unpaired) electrons. The fourth-order valence-corrected chi connectivity index (χ4v) is 3.41. The van der Waals surface area contributed by atoms with Gasteiger partial charge in [0.2, 0.25) is 10.0 Å². The van der Waals surface area contributed by atoms with E-state index in [1.807, 2.05) is 30.3 Å². The topological polar surface area (TPSA) is 89.8 Å². The lowest BCUT2D eigenvalue weighted by atomic mass is 10.2. The van der Waals surface area contributed by atoms with Gasteiger partial charge in [0.15, 0.2) is 0 Å². The van der Waals surface area contributed by atoms with Crippen molar-refractivity contribution in [2.24, 2.45) is 0 Å². The first-order valence-corrected chi connectivity index (χ1v) is 9.34. The summed E-state index contributed by atoms with van der Waals surface area (Å²) < 4.78 is 31.5. The van der Waals surface area contributed by atoms with Gasteiger partial charge in [-0.1, -0.05) is 30.3 Å². The van der Waals surface area contributed by atoms with Crippen molar-refractivity contribution in [2.45, 2.75) is 12.2 Å². The number of nitro benzene ring substituents is 1. The number of nitro groups is 1. The van der Waals surface area contributed by atoms with Crippen LogP contribution in [0.4, 0.5) is 5.69 Å². The first-order chi connectivity index (χ1) is 11.9. The van der Waals surface area contributed by atoms with Crippen LogP contribution in [0.2, 0.25) is 0 Å². The van der Waals surface area contributed by atoms with Gasteiger partial charge < -0.3 is 4.74 Å². The van der Waals surface area contributed by atoms with Crippen molar-refractivity contribution in [1.29, 1.82) is 0 Å². The smallest absolute Gasteiger partial charge is 0.269 e. The molecule has 0 bridgehead atoms. The molecule has 2 rings (SSSR count). The Morgan fingerprint density at radius 2 is 1.72 bits per heavy atom. The van der Waals surface area contributed by atoms with Gasteiger partial charge in [0.05, 0.1) is 17.3 Å². The number of non-ortho nitro benzene ring substituents is 1. The molecule has 2 aromatic rings. The summed E-state index contributed by atoms with van der Waals surface area (Å²) in [6, 6.07) is 14.9. The van der Waals surface area contributed by atoms with Crippen molar-refractivity contribution in [3.05, 3.63) is 70.3 Å². The summed E-state index contributed by atoms with van der Waals surface area (Å²) in [6.07, 6.45) is 0.560. The Labute approximate surface area is 147 Å². The molecule has 0 saturated heterocycles. The Morgan fingerprint density at radius 1 is 1.08 bits per heavy atom.